The Kier molecular flexibility index (Phi) is 3.34. The van der Waals surface area contributed by atoms with Gasteiger partial charge in [0.2, 0.25) is 5.91 Å². The van der Waals surface area contributed by atoms with Crippen LogP contribution in [0.3, 0.4) is 0 Å². The molecule has 1 aromatic heterocycles. The predicted molar refractivity (Wildman–Crippen MR) is 62.8 cm³/mol. The molecule has 2 rings (SSSR count). The van der Waals surface area contributed by atoms with Gasteiger partial charge in [-0.15, -0.1) is 0 Å². The van der Waals surface area contributed by atoms with Gasteiger partial charge in [0, 0.05) is 5.69 Å². The van der Waals surface area contributed by atoms with Crippen LogP contribution in [-0.2, 0) is 17.8 Å². The van der Waals surface area contributed by atoms with Gasteiger partial charge in [-0.25, -0.2) is 4.98 Å². The third kappa shape index (κ3) is 3.30. The minimum absolute atomic E-state index is 0.0769. The number of nitrogens with zero attached hydrogens (tertiary/aromatic N) is 2. The van der Waals surface area contributed by atoms with E-state index in [1.165, 1.54) is 6.33 Å². The summed E-state index contributed by atoms with van der Waals surface area (Å²) in [5, 5.41) is 9.10. The summed E-state index contributed by atoms with van der Waals surface area (Å²) in [7, 11) is 0. The Morgan fingerprint density at radius 2 is 2.35 bits per heavy atom. The Hall–Kier alpha value is -2.37. The van der Waals surface area contributed by atoms with Crippen molar-refractivity contribution in [1.29, 1.82) is 0 Å². The van der Waals surface area contributed by atoms with Crippen molar-refractivity contribution in [2.45, 2.75) is 13.0 Å². The molecular formula is C11H13N5O. The minimum Gasteiger partial charge on any atom is -0.399 e. The first-order valence-electron chi connectivity index (χ1n) is 5.19. The third-order valence-electron chi connectivity index (χ3n) is 2.23. The molecule has 0 spiro atoms. The lowest BCUT2D eigenvalue weighted by Crippen LogP contribution is -2.25. The van der Waals surface area contributed by atoms with Crippen molar-refractivity contribution in [1.82, 2.24) is 20.5 Å². The van der Waals surface area contributed by atoms with E-state index in [-0.39, 0.29) is 5.91 Å². The van der Waals surface area contributed by atoms with Gasteiger partial charge in [0.1, 0.15) is 12.2 Å². The van der Waals surface area contributed by atoms with Gasteiger partial charge < -0.3 is 11.1 Å². The average molecular weight is 231 g/mol. The lowest BCUT2D eigenvalue weighted by atomic mass is 10.1. The maximum atomic E-state index is 11.6. The quantitative estimate of drug-likeness (QED) is 0.657. The summed E-state index contributed by atoms with van der Waals surface area (Å²) in [6.07, 6.45) is 1.71. The summed E-state index contributed by atoms with van der Waals surface area (Å²) >= 11 is 0. The highest BCUT2D eigenvalue weighted by atomic mass is 16.1. The normalized spacial score (nSPS) is 10.1. The zero-order valence-corrected chi connectivity index (χ0v) is 9.18. The van der Waals surface area contributed by atoms with Crippen LogP contribution in [0.5, 0.6) is 0 Å². The first kappa shape index (κ1) is 11.1. The highest BCUT2D eigenvalue weighted by Crippen LogP contribution is 2.06. The zero-order chi connectivity index (χ0) is 12.1. The molecular weight excluding hydrogens is 218 g/mol. The van der Waals surface area contributed by atoms with Crippen LogP contribution in [0, 0.1) is 0 Å². The number of rotatable bonds is 4. The van der Waals surface area contributed by atoms with Crippen molar-refractivity contribution in [3.8, 4) is 0 Å². The zero-order valence-electron chi connectivity index (χ0n) is 9.18. The number of nitrogens with one attached hydrogen (secondary N) is 2. The maximum Gasteiger partial charge on any atom is 0.224 e. The molecule has 0 atom stereocenters. The van der Waals surface area contributed by atoms with E-state index in [1.54, 1.807) is 12.1 Å². The molecule has 88 valence electrons. The Morgan fingerprint density at radius 1 is 1.47 bits per heavy atom. The van der Waals surface area contributed by atoms with E-state index in [9.17, 15) is 4.79 Å². The Labute approximate surface area is 98.3 Å². The summed E-state index contributed by atoms with van der Waals surface area (Å²) in [6, 6.07) is 7.27. The monoisotopic (exact) mass is 231 g/mol. The van der Waals surface area contributed by atoms with Crippen LogP contribution in [0.15, 0.2) is 30.6 Å². The number of hydrogen-bond donors (Lipinski definition) is 3. The molecule has 6 heteroatoms. The Bertz CT molecular complexity index is 494. The number of aromatic amines is 1. The molecule has 1 amide bonds. The van der Waals surface area contributed by atoms with Crippen molar-refractivity contribution in [3.63, 3.8) is 0 Å². The fourth-order valence-electron chi connectivity index (χ4n) is 1.45. The molecule has 0 saturated heterocycles. The van der Waals surface area contributed by atoms with Crippen molar-refractivity contribution in [2.24, 2.45) is 0 Å². The minimum atomic E-state index is -0.0769. The highest BCUT2D eigenvalue weighted by molar-refractivity contribution is 5.78. The lowest BCUT2D eigenvalue weighted by molar-refractivity contribution is -0.120. The van der Waals surface area contributed by atoms with E-state index in [0.717, 1.165) is 5.56 Å². The number of amides is 1. The second-order valence-electron chi connectivity index (χ2n) is 3.63. The fourth-order valence-corrected chi connectivity index (χ4v) is 1.45. The van der Waals surface area contributed by atoms with E-state index in [0.29, 0.717) is 24.5 Å². The fraction of sp³-hybridized carbons (Fsp3) is 0.182. The second-order valence-corrected chi connectivity index (χ2v) is 3.63. The van der Waals surface area contributed by atoms with Gasteiger partial charge >= 0.3 is 0 Å². The molecule has 0 saturated carbocycles. The number of nitrogens with two attached hydrogens (primary N) is 1. The number of hydrogen-bond acceptors (Lipinski definition) is 4. The van der Waals surface area contributed by atoms with Crippen LogP contribution < -0.4 is 11.1 Å². The molecule has 0 fully saturated rings. The van der Waals surface area contributed by atoms with E-state index in [2.05, 4.69) is 20.5 Å². The molecule has 0 aliphatic heterocycles. The molecule has 1 aromatic carbocycles. The van der Waals surface area contributed by atoms with Crippen LogP contribution in [0.1, 0.15) is 11.4 Å². The summed E-state index contributed by atoms with van der Waals surface area (Å²) in [6.45, 7) is 0.348. The third-order valence-corrected chi connectivity index (χ3v) is 2.23. The van der Waals surface area contributed by atoms with Crippen LogP contribution in [0.25, 0.3) is 0 Å². The number of aromatic nitrogens is 3. The molecule has 0 aliphatic carbocycles. The number of carbonyl (C=O) groups excluding carboxylic acids is 1. The van der Waals surface area contributed by atoms with E-state index in [1.807, 2.05) is 12.1 Å². The number of carbonyl (C=O) groups is 1. The second kappa shape index (κ2) is 5.11. The average Bonchev–Trinajstić information content (AvgIpc) is 2.79. The molecule has 1 heterocycles. The first-order chi connectivity index (χ1) is 8.24. The van der Waals surface area contributed by atoms with Gasteiger partial charge in [-0.3, -0.25) is 9.89 Å². The standard InChI is InChI=1S/C11H13N5O/c12-9-3-1-2-8(4-9)5-11(17)13-6-10-14-7-15-16-10/h1-4,7H,5-6,12H2,(H,13,17)(H,14,15,16). The largest absolute Gasteiger partial charge is 0.399 e. The number of benzene rings is 1. The summed E-state index contributed by atoms with van der Waals surface area (Å²) in [5.74, 6) is 0.554. The highest BCUT2D eigenvalue weighted by Gasteiger charge is 2.04. The molecule has 6 nitrogen and oxygen atoms in total. The molecule has 4 N–H and O–H groups in total. The number of H-pyrrole nitrogens is 1. The smallest absolute Gasteiger partial charge is 0.224 e. The van der Waals surface area contributed by atoms with Gasteiger partial charge in [0.25, 0.3) is 0 Å². The molecule has 17 heavy (non-hydrogen) atoms. The summed E-state index contributed by atoms with van der Waals surface area (Å²) < 4.78 is 0. The molecule has 0 radical (unpaired) electrons. The molecule has 0 aliphatic rings. The Morgan fingerprint density at radius 3 is 3.06 bits per heavy atom. The van der Waals surface area contributed by atoms with Crippen molar-refractivity contribution in [3.05, 3.63) is 42.0 Å². The number of nitrogen functional groups attached to an aromatic ring is 1. The van der Waals surface area contributed by atoms with E-state index in [4.69, 9.17) is 5.73 Å². The van der Waals surface area contributed by atoms with E-state index < -0.39 is 0 Å². The van der Waals surface area contributed by atoms with Crippen LogP contribution in [-0.4, -0.2) is 21.1 Å². The summed E-state index contributed by atoms with van der Waals surface area (Å²) in [5.41, 5.74) is 7.18. The Balaban J connectivity index is 1.85. The molecule has 0 bridgehead atoms. The molecule has 0 unspecified atom stereocenters. The summed E-state index contributed by atoms with van der Waals surface area (Å²) in [4.78, 5) is 15.5. The number of anilines is 1. The van der Waals surface area contributed by atoms with Gasteiger partial charge in [0.15, 0.2) is 0 Å². The van der Waals surface area contributed by atoms with Crippen LogP contribution >= 0.6 is 0 Å². The SMILES string of the molecule is Nc1cccc(CC(=O)NCc2ncn[nH]2)c1. The maximum absolute atomic E-state index is 11.6. The lowest BCUT2D eigenvalue weighted by Gasteiger charge is -2.03. The topological polar surface area (TPSA) is 96.7 Å². The van der Waals surface area contributed by atoms with Gasteiger partial charge in [-0.05, 0) is 17.7 Å². The first-order valence-corrected chi connectivity index (χ1v) is 5.19. The van der Waals surface area contributed by atoms with Crippen molar-refractivity contribution < 1.29 is 4.79 Å². The van der Waals surface area contributed by atoms with E-state index >= 15 is 0 Å². The van der Waals surface area contributed by atoms with Gasteiger partial charge in [-0.1, -0.05) is 12.1 Å². The van der Waals surface area contributed by atoms with Crippen LogP contribution in [0.2, 0.25) is 0 Å². The van der Waals surface area contributed by atoms with Crippen molar-refractivity contribution in [2.75, 3.05) is 5.73 Å². The van der Waals surface area contributed by atoms with Crippen molar-refractivity contribution >= 4 is 11.6 Å². The van der Waals surface area contributed by atoms with Gasteiger partial charge in [0.05, 0.1) is 13.0 Å². The van der Waals surface area contributed by atoms with Crippen LogP contribution in [0.4, 0.5) is 5.69 Å². The van der Waals surface area contributed by atoms with Gasteiger partial charge in [-0.2, -0.15) is 5.10 Å². The predicted octanol–water partition coefficient (Wildman–Crippen LogP) is 0.246. The molecule has 2 aromatic rings.